The number of carbonyl (C=O) groups is 1. The van der Waals surface area contributed by atoms with Gasteiger partial charge < -0.3 is 5.11 Å². The van der Waals surface area contributed by atoms with Crippen molar-refractivity contribution >= 4 is 5.97 Å². The van der Waals surface area contributed by atoms with Crippen molar-refractivity contribution in [3.63, 3.8) is 0 Å². The molecule has 1 aromatic carbocycles. The van der Waals surface area contributed by atoms with Crippen molar-refractivity contribution in [2.24, 2.45) is 0 Å². The Morgan fingerprint density at radius 3 is 2.70 bits per heavy atom. The molecule has 0 radical (unpaired) electrons. The lowest BCUT2D eigenvalue weighted by atomic mass is 10.2. The van der Waals surface area contributed by atoms with Crippen LogP contribution in [0, 0.1) is 0 Å². The molecule has 3 rings (SSSR count). The number of aromatic carboxylic acids is 1. The molecule has 0 unspecified atom stereocenters. The van der Waals surface area contributed by atoms with Gasteiger partial charge in [-0.2, -0.15) is 0 Å². The number of benzene rings is 1. The maximum atomic E-state index is 10.9. The monoisotopic (exact) mass is 267 g/mol. The van der Waals surface area contributed by atoms with Crippen LogP contribution in [-0.4, -0.2) is 36.3 Å². The van der Waals surface area contributed by atoms with Crippen molar-refractivity contribution < 1.29 is 9.90 Å². The Kier molecular flexibility index (Phi) is 2.92. The van der Waals surface area contributed by atoms with Crippen LogP contribution in [0.25, 0.3) is 17.1 Å². The molecule has 20 heavy (non-hydrogen) atoms. The molecule has 0 fully saturated rings. The lowest BCUT2D eigenvalue weighted by Crippen LogP contribution is -2.04. The maximum Gasteiger partial charge on any atom is 0.354 e. The normalized spacial score (nSPS) is 10.4. The van der Waals surface area contributed by atoms with Crippen molar-refractivity contribution in [1.29, 1.82) is 0 Å². The third kappa shape index (κ3) is 2.24. The molecule has 0 atom stereocenters. The Hall–Kier alpha value is -3.09. The van der Waals surface area contributed by atoms with Crippen LogP contribution in [0.2, 0.25) is 0 Å². The number of aromatic nitrogens is 5. The first-order valence-corrected chi connectivity index (χ1v) is 5.79. The van der Waals surface area contributed by atoms with Crippen molar-refractivity contribution in [2.75, 3.05) is 0 Å². The first-order chi connectivity index (χ1) is 9.74. The van der Waals surface area contributed by atoms with Gasteiger partial charge in [-0.25, -0.2) is 9.78 Å². The van der Waals surface area contributed by atoms with Gasteiger partial charge in [-0.1, -0.05) is 30.3 Å². The third-order valence-corrected chi connectivity index (χ3v) is 2.64. The summed E-state index contributed by atoms with van der Waals surface area (Å²) in [5.74, 6) is -0.630. The Bertz CT molecular complexity index is 754. The number of hydrogen-bond acceptors (Lipinski definition) is 5. The van der Waals surface area contributed by atoms with Crippen LogP contribution in [-0.2, 0) is 0 Å². The highest BCUT2D eigenvalue weighted by Crippen LogP contribution is 2.13. The molecule has 0 spiro atoms. The molecule has 0 saturated heterocycles. The maximum absolute atomic E-state index is 10.9. The van der Waals surface area contributed by atoms with Crippen molar-refractivity contribution in [1.82, 2.24) is 25.2 Å². The van der Waals surface area contributed by atoms with E-state index in [1.54, 1.807) is 6.07 Å². The van der Waals surface area contributed by atoms with Crippen molar-refractivity contribution in [3.8, 4) is 17.1 Å². The molecule has 0 saturated carbocycles. The molecule has 7 nitrogen and oxygen atoms in total. The van der Waals surface area contributed by atoms with E-state index in [2.05, 4.69) is 20.4 Å². The minimum Gasteiger partial charge on any atom is -0.477 e. The predicted molar refractivity (Wildman–Crippen MR) is 69.3 cm³/mol. The molecule has 3 aromatic rings. The molecule has 0 aliphatic carbocycles. The van der Waals surface area contributed by atoms with Crippen LogP contribution >= 0.6 is 0 Å². The summed E-state index contributed by atoms with van der Waals surface area (Å²) in [6, 6.07) is 12.4. The van der Waals surface area contributed by atoms with Crippen LogP contribution in [0.5, 0.6) is 0 Å². The fourth-order valence-corrected chi connectivity index (χ4v) is 1.69. The average molecular weight is 267 g/mol. The molecule has 1 N–H and O–H groups in total. The van der Waals surface area contributed by atoms with Crippen molar-refractivity contribution in [3.05, 3.63) is 54.4 Å². The number of carboxylic acids is 1. The van der Waals surface area contributed by atoms with Gasteiger partial charge in [-0.15, -0.1) is 15.0 Å². The lowest BCUT2D eigenvalue weighted by Gasteiger charge is -1.99. The van der Waals surface area contributed by atoms with Gasteiger partial charge in [0.2, 0.25) is 5.82 Å². The number of rotatable bonds is 3. The van der Waals surface area contributed by atoms with Crippen LogP contribution in [0.4, 0.5) is 0 Å². The quantitative estimate of drug-likeness (QED) is 0.771. The van der Waals surface area contributed by atoms with Gasteiger partial charge in [0, 0.05) is 11.8 Å². The first kappa shape index (κ1) is 12.0. The van der Waals surface area contributed by atoms with Crippen LogP contribution in [0.3, 0.4) is 0 Å². The van der Waals surface area contributed by atoms with Gasteiger partial charge in [-0.05, 0) is 17.3 Å². The number of tetrazole rings is 1. The van der Waals surface area contributed by atoms with E-state index in [0.717, 1.165) is 5.56 Å². The Balaban J connectivity index is 1.98. The Morgan fingerprint density at radius 1 is 1.15 bits per heavy atom. The van der Waals surface area contributed by atoms with Crippen LogP contribution < -0.4 is 0 Å². The number of nitrogens with zero attached hydrogens (tertiary/aromatic N) is 5. The predicted octanol–water partition coefficient (Wildman–Crippen LogP) is 1.42. The van der Waals surface area contributed by atoms with Crippen molar-refractivity contribution in [2.45, 2.75) is 0 Å². The summed E-state index contributed by atoms with van der Waals surface area (Å²) in [5, 5.41) is 21.0. The van der Waals surface area contributed by atoms with Gasteiger partial charge in [-0.3, -0.25) is 0 Å². The van der Waals surface area contributed by atoms with E-state index >= 15 is 0 Å². The first-order valence-electron chi connectivity index (χ1n) is 5.79. The zero-order valence-corrected chi connectivity index (χ0v) is 10.2. The summed E-state index contributed by atoms with van der Waals surface area (Å²) < 4.78 is 0. The zero-order valence-electron chi connectivity index (χ0n) is 10.2. The highest BCUT2D eigenvalue weighted by Gasteiger charge is 2.10. The van der Waals surface area contributed by atoms with E-state index in [4.69, 9.17) is 5.11 Å². The second kappa shape index (κ2) is 4.88. The van der Waals surface area contributed by atoms with Crippen LogP contribution in [0.1, 0.15) is 10.5 Å². The van der Waals surface area contributed by atoms with E-state index in [1.165, 1.54) is 17.1 Å². The third-order valence-electron chi connectivity index (χ3n) is 2.64. The van der Waals surface area contributed by atoms with E-state index in [9.17, 15) is 4.79 Å². The molecular formula is C13H9N5O2. The van der Waals surface area contributed by atoms with E-state index in [0.29, 0.717) is 11.5 Å². The fourth-order valence-electron chi connectivity index (χ4n) is 1.69. The molecule has 0 amide bonds. The molecule has 0 aliphatic heterocycles. The molecule has 0 aliphatic rings. The molecule has 2 aromatic heterocycles. The number of hydrogen-bond donors (Lipinski definition) is 1. The lowest BCUT2D eigenvalue weighted by molar-refractivity contribution is 0.0690. The Morgan fingerprint density at radius 2 is 1.95 bits per heavy atom. The standard InChI is InChI=1S/C13H9N5O2/c19-13(20)11-8-10(6-7-14-11)18-16-12(15-17-18)9-4-2-1-3-5-9/h1-8H,(H,19,20). The summed E-state index contributed by atoms with van der Waals surface area (Å²) in [6.45, 7) is 0. The summed E-state index contributed by atoms with van der Waals surface area (Å²) >= 11 is 0. The number of carboxylic acid groups (broad SMARTS) is 1. The average Bonchev–Trinajstić information content (AvgIpc) is 2.98. The highest BCUT2D eigenvalue weighted by molar-refractivity contribution is 5.85. The highest BCUT2D eigenvalue weighted by atomic mass is 16.4. The summed E-state index contributed by atoms with van der Waals surface area (Å²) in [4.78, 5) is 15.9. The van der Waals surface area contributed by atoms with Gasteiger partial charge >= 0.3 is 5.97 Å². The second-order valence-electron chi connectivity index (χ2n) is 3.97. The van der Waals surface area contributed by atoms with Gasteiger partial charge in [0.25, 0.3) is 0 Å². The topological polar surface area (TPSA) is 93.8 Å². The summed E-state index contributed by atoms with van der Waals surface area (Å²) in [6.07, 6.45) is 1.39. The van der Waals surface area contributed by atoms with E-state index in [1.807, 2.05) is 30.3 Å². The minimum absolute atomic E-state index is 0.0685. The summed E-state index contributed by atoms with van der Waals surface area (Å²) in [5.41, 5.74) is 1.26. The number of pyridine rings is 1. The fraction of sp³-hybridized carbons (Fsp3) is 0. The van der Waals surface area contributed by atoms with E-state index < -0.39 is 5.97 Å². The van der Waals surface area contributed by atoms with Crippen LogP contribution in [0.15, 0.2) is 48.7 Å². The second-order valence-corrected chi connectivity index (χ2v) is 3.97. The zero-order chi connectivity index (χ0) is 13.9. The minimum atomic E-state index is -1.10. The Labute approximate surface area is 113 Å². The SMILES string of the molecule is O=C(O)c1cc(-n2nnc(-c3ccccc3)n2)ccn1. The molecule has 98 valence electrons. The molecular weight excluding hydrogens is 258 g/mol. The molecule has 2 heterocycles. The largest absolute Gasteiger partial charge is 0.477 e. The molecule has 0 bridgehead atoms. The van der Waals surface area contributed by atoms with Gasteiger partial charge in [0.05, 0.1) is 5.69 Å². The summed E-state index contributed by atoms with van der Waals surface area (Å²) in [7, 11) is 0. The van der Waals surface area contributed by atoms with Gasteiger partial charge in [0.15, 0.2) is 0 Å². The smallest absolute Gasteiger partial charge is 0.354 e. The van der Waals surface area contributed by atoms with E-state index in [-0.39, 0.29) is 5.69 Å². The van der Waals surface area contributed by atoms with Gasteiger partial charge in [0.1, 0.15) is 5.69 Å². The molecule has 7 heteroatoms.